The first kappa shape index (κ1) is 18.8. The molecule has 1 N–H and O–H groups in total. The van der Waals surface area contributed by atoms with Crippen LogP contribution in [0.1, 0.15) is 63.2 Å². The van der Waals surface area contributed by atoms with Crippen molar-refractivity contribution in [2.24, 2.45) is 0 Å². The van der Waals surface area contributed by atoms with Crippen molar-refractivity contribution < 1.29 is 14.4 Å². The van der Waals surface area contributed by atoms with Gasteiger partial charge in [-0.1, -0.05) is 35.9 Å². The van der Waals surface area contributed by atoms with Gasteiger partial charge in [0, 0.05) is 13.0 Å². The molecule has 3 amide bonds. The number of aryl methyl sites for hydroxylation is 2. The van der Waals surface area contributed by atoms with Gasteiger partial charge in [-0.2, -0.15) is 0 Å². The van der Waals surface area contributed by atoms with E-state index in [1.807, 2.05) is 32.9 Å². The number of carbonyl (C=O) groups excluding carboxylic acids is 3. The van der Waals surface area contributed by atoms with Crippen molar-refractivity contribution in [3.63, 3.8) is 0 Å². The standard InChI is InChI=1S/C22H24N2O3/c1-14-10-11-17(15(2)13-14)16(3)23-20(25)9-6-12-24-21(26)18-7-4-5-8-19(18)22(24)27/h4-5,7-8,10-11,13,16H,6,9,12H2,1-3H3,(H,23,25). The van der Waals surface area contributed by atoms with E-state index in [4.69, 9.17) is 0 Å². The minimum absolute atomic E-state index is 0.0842. The molecule has 140 valence electrons. The molecule has 0 aliphatic carbocycles. The highest BCUT2D eigenvalue weighted by Crippen LogP contribution is 2.23. The molecule has 0 saturated carbocycles. The molecule has 2 aromatic carbocycles. The second-order valence-electron chi connectivity index (χ2n) is 7.06. The summed E-state index contributed by atoms with van der Waals surface area (Å²) in [6.45, 7) is 6.28. The first-order valence-corrected chi connectivity index (χ1v) is 9.20. The number of carbonyl (C=O) groups is 3. The molecule has 1 heterocycles. The van der Waals surface area contributed by atoms with Crippen LogP contribution in [-0.2, 0) is 4.79 Å². The lowest BCUT2D eigenvalue weighted by Crippen LogP contribution is -2.32. The number of imide groups is 1. The summed E-state index contributed by atoms with van der Waals surface area (Å²) in [5.74, 6) is -0.640. The molecule has 5 nitrogen and oxygen atoms in total. The molecule has 1 atom stereocenters. The van der Waals surface area contributed by atoms with Gasteiger partial charge in [0.1, 0.15) is 0 Å². The van der Waals surface area contributed by atoms with Gasteiger partial charge < -0.3 is 5.32 Å². The predicted octanol–water partition coefficient (Wildman–Crippen LogP) is 3.56. The molecule has 1 aliphatic rings. The Kier molecular flexibility index (Phi) is 5.40. The molecule has 0 radical (unpaired) electrons. The van der Waals surface area contributed by atoms with Crippen LogP contribution in [-0.4, -0.2) is 29.2 Å². The molecular weight excluding hydrogens is 340 g/mol. The van der Waals surface area contributed by atoms with Gasteiger partial charge in [-0.05, 0) is 50.5 Å². The SMILES string of the molecule is Cc1ccc(C(C)NC(=O)CCCN2C(=O)c3ccccc3C2=O)c(C)c1. The van der Waals surface area contributed by atoms with Crippen LogP contribution in [0.25, 0.3) is 0 Å². The number of benzene rings is 2. The van der Waals surface area contributed by atoms with Crippen LogP contribution in [0.5, 0.6) is 0 Å². The molecule has 5 heteroatoms. The van der Waals surface area contributed by atoms with Gasteiger partial charge in [0.05, 0.1) is 17.2 Å². The van der Waals surface area contributed by atoms with Crippen molar-refractivity contribution in [3.05, 3.63) is 70.3 Å². The quantitative estimate of drug-likeness (QED) is 0.797. The average molecular weight is 364 g/mol. The first-order chi connectivity index (χ1) is 12.9. The van der Waals surface area contributed by atoms with Crippen molar-refractivity contribution in [2.45, 2.75) is 39.7 Å². The van der Waals surface area contributed by atoms with Crippen molar-refractivity contribution in [3.8, 4) is 0 Å². The Balaban J connectivity index is 1.52. The van der Waals surface area contributed by atoms with E-state index >= 15 is 0 Å². The lowest BCUT2D eigenvalue weighted by atomic mass is 10.00. The van der Waals surface area contributed by atoms with Crippen LogP contribution in [0.4, 0.5) is 0 Å². The maximum Gasteiger partial charge on any atom is 0.261 e. The highest BCUT2D eigenvalue weighted by atomic mass is 16.2. The summed E-state index contributed by atoms with van der Waals surface area (Å²) >= 11 is 0. The maximum absolute atomic E-state index is 12.3. The summed E-state index contributed by atoms with van der Waals surface area (Å²) in [5, 5.41) is 2.99. The number of nitrogens with zero attached hydrogens (tertiary/aromatic N) is 1. The molecule has 0 spiro atoms. The monoisotopic (exact) mass is 364 g/mol. The number of nitrogens with one attached hydrogen (secondary N) is 1. The molecule has 3 rings (SSSR count). The average Bonchev–Trinajstić information content (AvgIpc) is 2.87. The van der Waals surface area contributed by atoms with E-state index in [9.17, 15) is 14.4 Å². The Morgan fingerprint density at radius 3 is 2.26 bits per heavy atom. The van der Waals surface area contributed by atoms with E-state index < -0.39 is 0 Å². The molecule has 0 fully saturated rings. The second-order valence-corrected chi connectivity index (χ2v) is 7.06. The third-order valence-electron chi connectivity index (χ3n) is 4.93. The van der Waals surface area contributed by atoms with E-state index in [0.717, 1.165) is 11.1 Å². The zero-order valence-corrected chi connectivity index (χ0v) is 15.9. The van der Waals surface area contributed by atoms with Crippen LogP contribution >= 0.6 is 0 Å². The van der Waals surface area contributed by atoms with Crippen LogP contribution < -0.4 is 5.32 Å². The summed E-state index contributed by atoms with van der Waals surface area (Å²) in [5.41, 5.74) is 4.31. The van der Waals surface area contributed by atoms with Crippen molar-refractivity contribution in [2.75, 3.05) is 6.54 Å². The number of rotatable bonds is 6. The van der Waals surface area contributed by atoms with E-state index in [-0.39, 0.29) is 36.7 Å². The highest BCUT2D eigenvalue weighted by Gasteiger charge is 2.34. The second kappa shape index (κ2) is 7.74. The summed E-state index contributed by atoms with van der Waals surface area (Å²) in [6, 6.07) is 12.9. The van der Waals surface area contributed by atoms with E-state index in [1.54, 1.807) is 24.3 Å². The van der Waals surface area contributed by atoms with E-state index in [1.165, 1.54) is 10.5 Å². The van der Waals surface area contributed by atoms with Gasteiger partial charge in [-0.3, -0.25) is 19.3 Å². The number of fused-ring (bicyclic) bond motifs is 1. The van der Waals surface area contributed by atoms with Gasteiger partial charge in [-0.15, -0.1) is 0 Å². The predicted molar refractivity (Wildman–Crippen MR) is 104 cm³/mol. The third kappa shape index (κ3) is 3.92. The molecule has 1 unspecified atom stereocenters. The summed E-state index contributed by atoms with van der Waals surface area (Å²) in [6.07, 6.45) is 0.708. The minimum atomic E-state index is -0.278. The van der Waals surface area contributed by atoms with Gasteiger partial charge in [0.25, 0.3) is 11.8 Å². The van der Waals surface area contributed by atoms with E-state index in [2.05, 4.69) is 11.4 Å². The number of hydrogen-bond donors (Lipinski definition) is 1. The zero-order chi connectivity index (χ0) is 19.6. The van der Waals surface area contributed by atoms with Gasteiger partial charge in [-0.25, -0.2) is 0 Å². The lowest BCUT2D eigenvalue weighted by Gasteiger charge is -2.18. The number of hydrogen-bond acceptors (Lipinski definition) is 3. The Morgan fingerprint density at radius 1 is 1.04 bits per heavy atom. The van der Waals surface area contributed by atoms with E-state index in [0.29, 0.717) is 17.5 Å². The van der Waals surface area contributed by atoms with Crippen molar-refractivity contribution in [1.29, 1.82) is 0 Å². The van der Waals surface area contributed by atoms with Gasteiger partial charge in [0.2, 0.25) is 5.91 Å². The minimum Gasteiger partial charge on any atom is -0.350 e. The van der Waals surface area contributed by atoms with Gasteiger partial charge in [0.15, 0.2) is 0 Å². The van der Waals surface area contributed by atoms with Crippen molar-refractivity contribution >= 4 is 17.7 Å². The Labute approximate surface area is 159 Å². The largest absolute Gasteiger partial charge is 0.350 e. The molecule has 2 aromatic rings. The Hall–Kier alpha value is -2.95. The smallest absolute Gasteiger partial charge is 0.261 e. The normalized spacial score (nSPS) is 14.3. The molecule has 1 aliphatic heterocycles. The number of amides is 3. The summed E-state index contributed by atoms with van der Waals surface area (Å²) < 4.78 is 0. The van der Waals surface area contributed by atoms with Crippen molar-refractivity contribution in [1.82, 2.24) is 10.2 Å². The van der Waals surface area contributed by atoms with Crippen LogP contribution in [0, 0.1) is 13.8 Å². The molecule has 0 bridgehead atoms. The topological polar surface area (TPSA) is 66.5 Å². The Bertz CT molecular complexity index is 869. The highest BCUT2D eigenvalue weighted by molar-refractivity contribution is 6.21. The first-order valence-electron chi connectivity index (χ1n) is 9.20. The van der Waals surface area contributed by atoms with Crippen LogP contribution in [0.3, 0.4) is 0 Å². The maximum atomic E-state index is 12.3. The summed E-state index contributed by atoms with van der Waals surface area (Å²) in [4.78, 5) is 38.1. The molecule has 0 saturated heterocycles. The lowest BCUT2D eigenvalue weighted by molar-refractivity contribution is -0.121. The van der Waals surface area contributed by atoms with Crippen LogP contribution in [0.15, 0.2) is 42.5 Å². The zero-order valence-electron chi connectivity index (χ0n) is 15.9. The Morgan fingerprint density at radius 2 is 1.67 bits per heavy atom. The summed E-state index contributed by atoms with van der Waals surface area (Å²) in [7, 11) is 0. The molecule has 27 heavy (non-hydrogen) atoms. The fourth-order valence-electron chi connectivity index (χ4n) is 3.54. The fraction of sp³-hybridized carbons (Fsp3) is 0.318. The third-order valence-corrected chi connectivity index (χ3v) is 4.93. The molecular formula is C22H24N2O3. The van der Waals surface area contributed by atoms with Crippen LogP contribution in [0.2, 0.25) is 0 Å². The molecule has 0 aromatic heterocycles. The van der Waals surface area contributed by atoms with Gasteiger partial charge >= 0.3 is 0 Å². The fourth-order valence-corrected chi connectivity index (χ4v) is 3.54.